The van der Waals surface area contributed by atoms with E-state index in [0.717, 1.165) is 35.6 Å². The number of fused-ring (bicyclic) bond motifs is 1. The molecule has 1 heterocycles. The number of ether oxygens (including phenoxy) is 2. The van der Waals surface area contributed by atoms with E-state index >= 15 is 0 Å². The van der Waals surface area contributed by atoms with Crippen molar-refractivity contribution in [2.45, 2.75) is 44.4 Å². The summed E-state index contributed by atoms with van der Waals surface area (Å²) in [6.07, 6.45) is 3.27. The molecule has 1 saturated carbocycles. The van der Waals surface area contributed by atoms with Crippen LogP contribution in [-0.2, 0) is 5.41 Å². The van der Waals surface area contributed by atoms with E-state index in [9.17, 15) is 0 Å². The average molecular weight is 340 g/mol. The zero-order valence-electron chi connectivity index (χ0n) is 12.2. The Hall–Kier alpha value is -0.740. The monoisotopic (exact) mass is 339 g/mol. The summed E-state index contributed by atoms with van der Waals surface area (Å²) in [5.41, 5.74) is 8.82. The molecule has 3 nitrogen and oxygen atoms in total. The van der Waals surface area contributed by atoms with Gasteiger partial charge in [-0.3, -0.25) is 0 Å². The number of hydrogen-bond acceptors (Lipinski definition) is 3. The fourth-order valence-electron chi connectivity index (χ4n) is 3.10. The molecule has 4 heteroatoms. The van der Waals surface area contributed by atoms with Crippen LogP contribution in [0.5, 0.6) is 11.5 Å². The lowest BCUT2D eigenvalue weighted by Crippen LogP contribution is -2.23. The van der Waals surface area contributed by atoms with Crippen LogP contribution in [0.3, 0.4) is 0 Å². The van der Waals surface area contributed by atoms with Crippen molar-refractivity contribution in [2.24, 2.45) is 5.73 Å². The van der Waals surface area contributed by atoms with E-state index in [-0.39, 0.29) is 5.41 Å². The Morgan fingerprint density at radius 2 is 2.00 bits per heavy atom. The van der Waals surface area contributed by atoms with Crippen LogP contribution < -0.4 is 15.2 Å². The molecule has 0 amide bonds. The molecule has 0 unspecified atom stereocenters. The van der Waals surface area contributed by atoms with Crippen molar-refractivity contribution in [1.29, 1.82) is 0 Å². The Balaban J connectivity index is 2.21. The molecule has 3 rings (SSSR count). The molecule has 0 saturated heterocycles. The van der Waals surface area contributed by atoms with E-state index in [2.05, 4.69) is 35.8 Å². The van der Waals surface area contributed by atoms with Gasteiger partial charge in [0.1, 0.15) is 0 Å². The van der Waals surface area contributed by atoms with Gasteiger partial charge in [-0.25, -0.2) is 0 Å². The molecule has 2 aliphatic rings. The van der Waals surface area contributed by atoms with E-state index < -0.39 is 0 Å². The van der Waals surface area contributed by atoms with E-state index in [1.165, 1.54) is 24.0 Å². The molecular weight excluding hydrogens is 318 g/mol. The zero-order valence-corrected chi connectivity index (χ0v) is 13.8. The second-order valence-corrected chi connectivity index (χ2v) is 7.02. The summed E-state index contributed by atoms with van der Waals surface area (Å²) in [7, 11) is 0. The molecule has 20 heavy (non-hydrogen) atoms. The molecule has 2 N–H and O–H groups in total. The quantitative estimate of drug-likeness (QED) is 0.912. The van der Waals surface area contributed by atoms with E-state index in [1.807, 2.05) is 0 Å². The second-order valence-electron chi connectivity index (χ2n) is 6.16. The van der Waals surface area contributed by atoms with Crippen LogP contribution >= 0.6 is 15.9 Å². The molecule has 0 bridgehead atoms. The van der Waals surface area contributed by atoms with Crippen molar-refractivity contribution in [3.63, 3.8) is 0 Å². The molecule has 0 atom stereocenters. The first-order valence-electron chi connectivity index (χ1n) is 7.41. The molecule has 0 aromatic heterocycles. The first kappa shape index (κ1) is 14.2. The van der Waals surface area contributed by atoms with Crippen molar-refractivity contribution < 1.29 is 9.47 Å². The van der Waals surface area contributed by atoms with Crippen molar-refractivity contribution in [3.8, 4) is 11.5 Å². The lowest BCUT2D eigenvalue weighted by atomic mass is 9.85. The second kappa shape index (κ2) is 5.23. The molecule has 0 radical (unpaired) electrons. The summed E-state index contributed by atoms with van der Waals surface area (Å²) >= 11 is 3.75. The van der Waals surface area contributed by atoms with Gasteiger partial charge in [0.05, 0.1) is 13.2 Å². The predicted octanol–water partition coefficient (Wildman–Crippen LogP) is 3.72. The lowest BCUT2D eigenvalue weighted by Gasteiger charge is -2.25. The Kier molecular flexibility index (Phi) is 3.71. The molecule has 1 fully saturated rings. The number of halogens is 1. The largest absolute Gasteiger partial charge is 0.490 e. The number of benzene rings is 1. The first-order valence-corrected chi connectivity index (χ1v) is 8.21. The molecule has 1 aliphatic carbocycles. The van der Waals surface area contributed by atoms with Gasteiger partial charge in [0.2, 0.25) is 0 Å². The summed E-state index contributed by atoms with van der Waals surface area (Å²) < 4.78 is 13.0. The smallest absolute Gasteiger partial charge is 0.164 e. The first-order chi connectivity index (χ1) is 9.59. The van der Waals surface area contributed by atoms with Gasteiger partial charge in [0, 0.05) is 28.4 Å². The standard InChI is InChI=1S/C16H22BrNO2/c1-10(2)13-14(16(9-18)4-5-16)11(17)8-12-15(13)20-7-3-6-19-12/h8,10H,3-7,9,18H2,1-2H3. The van der Waals surface area contributed by atoms with E-state index in [1.54, 1.807) is 0 Å². The predicted molar refractivity (Wildman–Crippen MR) is 83.8 cm³/mol. The molecular formula is C16H22BrNO2. The Morgan fingerprint density at radius 1 is 1.30 bits per heavy atom. The maximum atomic E-state index is 6.05. The highest BCUT2D eigenvalue weighted by Gasteiger charge is 2.47. The van der Waals surface area contributed by atoms with Crippen LogP contribution in [0.2, 0.25) is 0 Å². The van der Waals surface area contributed by atoms with Gasteiger partial charge in [0.25, 0.3) is 0 Å². The molecule has 1 aromatic rings. The van der Waals surface area contributed by atoms with Gasteiger partial charge in [-0.15, -0.1) is 0 Å². The van der Waals surface area contributed by atoms with Crippen molar-refractivity contribution >= 4 is 15.9 Å². The zero-order chi connectivity index (χ0) is 14.3. The maximum Gasteiger partial charge on any atom is 0.164 e. The Labute approximate surface area is 129 Å². The summed E-state index contributed by atoms with van der Waals surface area (Å²) in [5, 5.41) is 0. The minimum Gasteiger partial charge on any atom is -0.490 e. The maximum absolute atomic E-state index is 6.05. The third-order valence-corrected chi connectivity index (χ3v) is 5.00. The highest BCUT2D eigenvalue weighted by atomic mass is 79.9. The minimum absolute atomic E-state index is 0.142. The van der Waals surface area contributed by atoms with Gasteiger partial charge >= 0.3 is 0 Å². The summed E-state index contributed by atoms with van der Waals surface area (Å²) in [5.74, 6) is 2.20. The fraction of sp³-hybridized carbons (Fsp3) is 0.625. The Morgan fingerprint density at radius 3 is 2.60 bits per heavy atom. The van der Waals surface area contributed by atoms with Gasteiger partial charge in [-0.1, -0.05) is 29.8 Å². The molecule has 110 valence electrons. The van der Waals surface area contributed by atoms with Gasteiger partial charge in [0.15, 0.2) is 11.5 Å². The molecule has 1 aromatic carbocycles. The third kappa shape index (κ3) is 2.23. The summed E-state index contributed by atoms with van der Waals surface area (Å²) in [4.78, 5) is 0. The summed E-state index contributed by atoms with van der Waals surface area (Å²) in [6.45, 7) is 6.57. The molecule has 1 aliphatic heterocycles. The normalized spacial score (nSPS) is 19.9. The number of rotatable bonds is 3. The average Bonchev–Trinajstić information content (AvgIpc) is 3.20. The van der Waals surface area contributed by atoms with Crippen LogP contribution in [0.25, 0.3) is 0 Å². The van der Waals surface area contributed by atoms with Crippen LogP contribution in [0.4, 0.5) is 0 Å². The molecule has 0 spiro atoms. The van der Waals surface area contributed by atoms with Crippen LogP contribution in [0, 0.1) is 0 Å². The lowest BCUT2D eigenvalue weighted by molar-refractivity contribution is 0.295. The van der Waals surface area contributed by atoms with Gasteiger partial charge < -0.3 is 15.2 Å². The Bertz CT molecular complexity index is 524. The minimum atomic E-state index is 0.142. The van der Waals surface area contributed by atoms with Crippen molar-refractivity contribution in [1.82, 2.24) is 0 Å². The van der Waals surface area contributed by atoms with Crippen molar-refractivity contribution in [2.75, 3.05) is 19.8 Å². The highest BCUT2D eigenvalue weighted by Crippen LogP contribution is 2.56. The van der Waals surface area contributed by atoms with Crippen LogP contribution in [-0.4, -0.2) is 19.8 Å². The van der Waals surface area contributed by atoms with E-state index in [0.29, 0.717) is 12.5 Å². The van der Waals surface area contributed by atoms with Crippen molar-refractivity contribution in [3.05, 3.63) is 21.7 Å². The van der Waals surface area contributed by atoms with E-state index in [4.69, 9.17) is 15.2 Å². The van der Waals surface area contributed by atoms with Crippen LogP contribution in [0.1, 0.15) is 50.2 Å². The number of hydrogen-bond donors (Lipinski definition) is 1. The van der Waals surface area contributed by atoms with Crippen LogP contribution in [0.15, 0.2) is 10.5 Å². The topological polar surface area (TPSA) is 44.5 Å². The number of nitrogens with two attached hydrogens (primary N) is 1. The van der Waals surface area contributed by atoms with Gasteiger partial charge in [-0.2, -0.15) is 0 Å². The SMILES string of the molecule is CC(C)c1c2c(cc(Br)c1C1(CN)CC1)OCCCO2. The fourth-order valence-corrected chi connectivity index (χ4v) is 3.94. The third-order valence-electron chi connectivity index (χ3n) is 4.38. The van der Waals surface area contributed by atoms with Gasteiger partial charge in [-0.05, 0) is 30.4 Å². The summed E-state index contributed by atoms with van der Waals surface area (Å²) in [6, 6.07) is 2.07. The highest BCUT2D eigenvalue weighted by molar-refractivity contribution is 9.10.